The van der Waals surface area contributed by atoms with Gasteiger partial charge in [0, 0.05) is 17.0 Å². The maximum Gasteiger partial charge on any atom is 0.185 e. The molecule has 0 amide bonds. The second-order valence-corrected chi connectivity index (χ2v) is 9.48. The molecule has 6 heteroatoms. The van der Waals surface area contributed by atoms with Crippen molar-refractivity contribution in [3.8, 4) is 0 Å². The number of Topliss-reactive ketones (excluding diaryl/α,β-unsaturated/α-hetero) is 1. The molecule has 144 valence electrons. The Bertz CT molecular complexity index is 1090. The summed E-state index contributed by atoms with van der Waals surface area (Å²) >= 11 is 12.0. The first-order valence-corrected chi connectivity index (χ1v) is 10.9. The zero-order valence-electron chi connectivity index (χ0n) is 15.1. The molecule has 0 N–H and O–H groups in total. The first-order valence-electron chi connectivity index (χ1n) is 8.63. The highest BCUT2D eigenvalue weighted by atomic mass is 35.5. The van der Waals surface area contributed by atoms with Crippen LogP contribution >= 0.6 is 23.2 Å². The molecule has 3 rings (SSSR count). The molecule has 0 radical (unpaired) electrons. The van der Waals surface area contributed by atoms with Crippen LogP contribution in [-0.2, 0) is 9.84 Å². The molecule has 0 unspecified atom stereocenters. The Labute approximate surface area is 174 Å². The van der Waals surface area contributed by atoms with Gasteiger partial charge in [0.2, 0.25) is 0 Å². The maximum atomic E-state index is 13.3. The molecule has 1 atom stereocenters. The van der Waals surface area contributed by atoms with Crippen LogP contribution in [0.15, 0.2) is 77.7 Å². The van der Waals surface area contributed by atoms with Crippen molar-refractivity contribution in [2.24, 2.45) is 0 Å². The lowest BCUT2D eigenvalue weighted by molar-refractivity contribution is 0.0981. The summed E-state index contributed by atoms with van der Waals surface area (Å²) in [6, 6.07) is 19.9. The Morgan fingerprint density at radius 1 is 0.929 bits per heavy atom. The van der Waals surface area contributed by atoms with E-state index in [0.717, 1.165) is 5.56 Å². The molecule has 0 saturated heterocycles. The molecule has 3 aromatic carbocycles. The summed E-state index contributed by atoms with van der Waals surface area (Å²) in [6.07, 6.45) is -0.221. The third kappa shape index (κ3) is 4.46. The van der Waals surface area contributed by atoms with E-state index in [9.17, 15) is 13.2 Å². The van der Waals surface area contributed by atoms with Crippen molar-refractivity contribution in [2.75, 3.05) is 0 Å². The lowest BCUT2D eigenvalue weighted by Crippen LogP contribution is -2.18. The molecule has 0 aromatic heterocycles. The van der Waals surface area contributed by atoms with E-state index >= 15 is 0 Å². The summed E-state index contributed by atoms with van der Waals surface area (Å²) in [6.45, 7) is 1.89. The zero-order valence-corrected chi connectivity index (χ0v) is 17.4. The van der Waals surface area contributed by atoms with Crippen LogP contribution in [-0.4, -0.2) is 14.2 Å². The van der Waals surface area contributed by atoms with Crippen molar-refractivity contribution in [2.45, 2.75) is 23.5 Å². The van der Waals surface area contributed by atoms with Crippen LogP contribution in [0.3, 0.4) is 0 Å². The average molecular weight is 433 g/mol. The summed E-state index contributed by atoms with van der Waals surface area (Å²) in [5.74, 6) is -0.355. The summed E-state index contributed by atoms with van der Waals surface area (Å²) in [7, 11) is -3.78. The summed E-state index contributed by atoms with van der Waals surface area (Å²) < 4.78 is 26.7. The Morgan fingerprint density at radius 3 is 2.18 bits per heavy atom. The Morgan fingerprint density at radius 2 is 1.57 bits per heavy atom. The van der Waals surface area contributed by atoms with Crippen LogP contribution in [0.1, 0.15) is 33.2 Å². The Balaban J connectivity index is 2.03. The van der Waals surface area contributed by atoms with Crippen LogP contribution < -0.4 is 0 Å². The number of hydrogen-bond acceptors (Lipinski definition) is 3. The van der Waals surface area contributed by atoms with Gasteiger partial charge in [0.15, 0.2) is 15.6 Å². The van der Waals surface area contributed by atoms with Gasteiger partial charge in [-0.15, -0.1) is 0 Å². The van der Waals surface area contributed by atoms with E-state index in [1.165, 1.54) is 12.1 Å². The Hall–Kier alpha value is -2.14. The number of ketones is 1. The first-order chi connectivity index (χ1) is 13.3. The van der Waals surface area contributed by atoms with Gasteiger partial charge in [-0.05, 0) is 42.8 Å². The SMILES string of the molecule is Cc1ccc(S(=O)(=O)[C@@H](CC(=O)c2ccc(Cl)cc2Cl)c2ccccc2)cc1. The van der Waals surface area contributed by atoms with Crippen molar-refractivity contribution in [3.63, 3.8) is 0 Å². The number of aryl methyl sites for hydroxylation is 1. The predicted molar refractivity (Wildman–Crippen MR) is 113 cm³/mol. The number of halogens is 2. The highest BCUT2D eigenvalue weighted by molar-refractivity contribution is 7.91. The van der Waals surface area contributed by atoms with Gasteiger partial charge >= 0.3 is 0 Å². The van der Waals surface area contributed by atoms with Gasteiger partial charge < -0.3 is 0 Å². The van der Waals surface area contributed by atoms with Crippen molar-refractivity contribution in [1.29, 1.82) is 0 Å². The quantitative estimate of drug-likeness (QED) is 0.442. The van der Waals surface area contributed by atoms with E-state index in [2.05, 4.69) is 0 Å². The van der Waals surface area contributed by atoms with Crippen LogP contribution in [0.2, 0.25) is 10.0 Å². The molecule has 0 aliphatic carbocycles. The van der Waals surface area contributed by atoms with Gasteiger partial charge in [-0.25, -0.2) is 8.42 Å². The molecule has 3 nitrogen and oxygen atoms in total. The molecule has 0 bridgehead atoms. The van der Waals surface area contributed by atoms with Gasteiger partial charge in [-0.1, -0.05) is 71.2 Å². The third-order valence-electron chi connectivity index (χ3n) is 4.50. The molecule has 0 heterocycles. The number of sulfone groups is 1. The fourth-order valence-electron chi connectivity index (χ4n) is 2.96. The number of carbonyl (C=O) groups excluding carboxylic acids is 1. The predicted octanol–water partition coefficient (Wildman–Crippen LogP) is 6.09. The van der Waals surface area contributed by atoms with Crippen molar-refractivity contribution in [3.05, 3.63) is 99.5 Å². The minimum Gasteiger partial charge on any atom is -0.294 e. The minimum atomic E-state index is -3.78. The second kappa shape index (κ2) is 8.48. The smallest absolute Gasteiger partial charge is 0.185 e. The average Bonchev–Trinajstić information content (AvgIpc) is 2.67. The van der Waals surface area contributed by atoms with Crippen LogP contribution in [0.4, 0.5) is 0 Å². The standard InChI is InChI=1S/C22H18Cl2O3S/c1-15-7-10-18(11-8-15)28(26,27)22(16-5-3-2-4-6-16)14-21(25)19-12-9-17(23)13-20(19)24/h2-13,22H,14H2,1H3/t22-/m0/s1. The van der Waals surface area contributed by atoms with E-state index in [4.69, 9.17) is 23.2 Å². The minimum absolute atomic E-state index is 0.182. The number of benzene rings is 3. The van der Waals surface area contributed by atoms with Crippen LogP contribution in [0, 0.1) is 6.92 Å². The van der Waals surface area contributed by atoms with Crippen molar-refractivity contribution < 1.29 is 13.2 Å². The van der Waals surface area contributed by atoms with E-state index in [1.54, 1.807) is 60.7 Å². The molecule has 0 saturated carbocycles. The van der Waals surface area contributed by atoms with Gasteiger partial charge in [0.25, 0.3) is 0 Å². The molecule has 28 heavy (non-hydrogen) atoms. The highest BCUT2D eigenvalue weighted by Gasteiger charge is 2.32. The van der Waals surface area contributed by atoms with Crippen molar-refractivity contribution in [1.82, 2.24) is 0 Å². The van der Waals surface area contributed by atoms with Crippen LogP contribution in [0.25, 0.3) is 0 Å². The van der Waals surface area contributed by atoms with E-state index < -0.39 is 15.1 Å². The highest BCUT2D eigenvalue weighted by Crippen LogP contribution is 2.34. The lowest BCUT2D eigenvalue weighted by Gasteiger charge is -2.18. The molecular formula is C22H18Cl2O3S. The molecular weight excluding hydrogens is 415 g/mol. The molecule has 0 fully saturated rings. The number of rotatable bonds is 6. The Kier molecular flexibility index (Phi) is 6.23. The second-order valence-electron chi connectivity index (χ2n) is 6.51. The van der Waals surface area contributed by atoms with E-state index in [-0.39, 0.29) is 27.7 Å². The third-order valence-corrected chi connectivity index (χ3v) is 7.16. The number of hydrogen-bond donors (Lipinski definition) is 0. The van der Waals surface area contributed by atoms with Crippen molar-refractivity contribution >= 4 is 38.8 Å². The normalized spacial score (nSPS) is 12.5. The summed E-state index contributed by atoms with van der Waals surface area (Å²) in [5, 5.41) is -0.402. The topological polar surface area (TPSA) is 51.2 Å². The van der Waals surface area contributed by atoms with Gasteiger partial charge in [0.05, 0.1) is 15.2 Å². The monoisotopic (exact) mass is 432 g/mol. The molecule has 0 spiro atoms. The lowest BCUT2D eigenvalue weighted by atomic mass is 10.0. The molecule has 3 aromatic rings. The fourth-order valence-corrected chi connectivity index (χ4v) is 5.20. The van der Waals surface area contributed by atoms with Gasteiger partial charge in [-0.2, -0.15) is 0 Å². The summed E-state index contributed by atoms with van der Waals surface area (Å²) in [4.78, 5) is 13.1. The maximum absolute atomic E-state index is 13.3. The fraction of sp³-hybridized carbons (Fsp3) is 0.136. The first kappa shape index (κ1) is 20.6. The zero-order chi connectivity index (χ0) is 20.3. The molecule has 0 aliphatic heterocycles. The van der Waals surface area contributed by atoms with E-state index in [1.807, 2.05) is 6.92 Å². The number of carbonyl (C=O) groups is 1. The largest absolute Gasteiger partial charge is 0.294 e. The van der Waals surface area contributed by atoms with Gasteiger partial charge in [-0.3, -0.25) is 4.79 Å². The molecule has 0 aliphatic rings. The summed E-state index contributed by atoms with van der Waals surface area (Å²) in [5.41, 5.74) is 1.77. The van der Waals surface area contributed by atoms with E-state index in [0.29, 0.717) is 10.6 Å². The van der Waals surface area contributed by atoms with Gasteiger partial charge in [0.1, 0.15) is 0 Å². The van der Waals surface area contributed by atoms with Crippen LogP contribution in [0.5, 0.6) is 0 Å².